The molecule has 1 aliphatic heterocycles. The highest BCUT2D eigenvalue weighted by Gasteiger charge is 2.30. The van der Waals surface area contributed by atoms with E-state index in [1.807, 2.05) is 0 Å². The molecule has 1 N–H and O–H groups in total. The minimum absolute atomic E-state index is 0.00264. The number of hydrogen-bond acceptors (Lipinski definition) is 5. The quantitative estimate of drug-likeness (QED) is 0.836. The van der Waals surface area contributed by atoms with Gasteiger partial charge in [0.1, 0.15) is 4.90 Å². The van der Waals surface area contributed by atoms with E-state index in [2.05, 4.69) is 10.1 Å². The van der Waals surface area contributed by atoms with Crippen molar-refractivity contribution in [2.45, 2.75) is 23.8 Å². The summed E-state index contributed by atoms with van der Waals surface area (Å²) < 4.78 is 31.4. The number of piperidine rings is 1. The number of esters is 1. The lowest BCUT2D eigenvalue weighted by Crippen LogP contribution is -2.43. The van der Waals surface area contributed by atoms with Gasteiger partial charge in [0.2, 0.25) is 10.0 Å². The zero-order chi connectivity index (χ0) is 16.3. The summed E-state index contributed by atoms with van der Waals surface area (Å²) in [5.41, 5.74) is 0.218. The minimum Gasteiger partial charge on any atom is -0.465 e. The molecule has 22 heavy (non-hydrogen) atoms. The molecule has 0 amide bonds. The first-order valence-electron chi connectivity index (χ1n) is 6.94. The molecule has 8 heteroatoms. The zero-order valence-electron chi connectivity index (χ0n) is 12.5. The first-order valence-corrected chi connectivity index (χ1v) is 8.76. The number of sulfonamides is 1. The van der Waals surface area contributed by atoms with Gasteiger partial charge in [0.15, 0.2) is 0 Å². The molecule has 1 aromatic rings. The standard InChI is InChI=1S/C14H19ClN2O4S/c1-17(11-5-7-16-8-6-11)22(19,20)13-4-3-10(9-12(13)15)14(18)21-2/h3-4,9,11,16H,5-8H2,1-2H3. The predicted octanol–water partition coefficient (Wildman–Crippen LogP) is 1.50. The van der Waals surface area contributed by atoms with Crippen molar-refractivity contribution in [2.75, 3.05) is 27.2 Å². The van der Waals surface area contributed by atoms with Crippen molar-refractivity contribution in [2.24, 2.45) is 0 Å². The normalized spacial score (nSPS) is 16.7. The van der Waals surface area contributed by atoms with Crippen molar-refractivity contribution in [3.63, 3.8) is 0 Å². The summed E-state index contributed by atoms with van der Waals surface area (Å²) in [4.78, 5) is 11.5. The molecule has 2 rings (SSSR count). The number of carbonyl (C=O) groups excluding carboxylic acids is 1. The van der Waals surface area contributed by atoms with Crippen molar-refractivity contribution in [1.82, 2.24) is 9.62 Å². The lowest BCUT2D eigenvalue weighted by atomic mass is 10.1. The van der Waals surface area contributed by atoms with E-state index >= 15 is 0 Å². The third-order valence-electron chi connectivity index (χ3n) is 3.83. The molecule has 0 aliphatic carbocycles. The fraction of sp³-hybridized carbons (Fsp3) is 0.500. The topological polar surface area (TPSA) is 75.7 Å². The van der Waals surface area contributed by atoms with Gasteiger partial charge in [-0.05, 0) is 44.1 Å². The maximum Gasteiger partial charge on any atom is 0.337 e. The van der Waals surface area contributed by atoms with E-state index in [9.17, 15) is 13.2 Å². The number of methoxy groups -OCH3 is 1. The highest BCUT2D eigenvalue weighted by molar-refractivity contribution is 7.89. The van der Waals surface area contributed by atoms with Gasteiger partial charge in [-0.3, -0.25) is 0 Å². The maximum atomic E-state index is 12.7. The molecule has 1 fully saturated rings. The van der Waals surface area contributed by atoms with Crippen LogP contribution >= 0.6 is 11.6 Å². The van der Waals surface area contributed by atoms with Crippen LogP contribution in [0.15, 0.2) is 23.1 Å². The number of carbonyl (C=O) groups is 1. The van der Waals surface area contributed by atoms with E-state index in [-0.39, 0.29) is 21.5 Å². The lowest BCUT2D eigenvalue weighted by Gasteiger charge is -2.31. The first-order chi connectivity index (χ1) is 10.4. The molecule has 0 aromatic heterocycles. The Balaban J connectivity index is 2.30. The van der Waals surface area contributed by atoms with Gasteiger partial charge in [-0.25, -0.2) is 13.2 Å². The zero-order valence-corrected chi connectivity index (χ0v) is 14.1. The van der Waals surface area contributed by atoms with Gasteiger partial charge in [-0.2, -0.15) is 4.31 Å². The summed E-state index contributed by atoms with van der Waals surface area (Å²) in [6, 6.07) is 4.02. The Hall–Kier alpha value is -1.15. The summed E-state index contributed by atoms with van der Waals surface area (Å²) in [7, 11) is -0.876. The molecule has 1 heterocycles. The van der Waals surface area contributed by atoms with Gasteiger partial charge in [0.05, 0.1) is 17.7 Å². The van der Waals surface area contributed by atoms with Gasteiger partial charge in [0.25, 0.3) is 0 Å². The van der Waals surface area contributed by atoms with Crippen LogP contribution in [0.2, 0.25) is 5.02 Å². The molecular formula is C14H19ClN2O4S. The van der Waals surface area contributed by atoms with Crippen molar-refractivity contribution in [1.29, 1.82) is 0 Å². The van der Waals surface area contributed by atoms with Gasteiger partial charge in [-0.1, -0.05) is 11.6 Å². The fourth-order valence-electron chi connectivity index (χ4n) is 2.48. The molecule has 1 saturated heterocycles. The number of hydrogen-bond donors (Lipinski definition) is 1. The Morgan fingerprint density at radius 2 is 2.00 bits per heavy atom. The van der Waals surface area contributed by atoms with E-state index in [1.165, 1.54) is 29.6 Å². The second-order valence-electron chi connectivity index (χ2n) is 5.14. The largest absolute Gasteiger partial charge is 0.465 e. The van der Waals surface area contributed by atoms with Crippen LogP contribution < -0.4 is 5.32 Å². The number of ether oxygens (including phenoxy) is 1. The van der Waals surface area contributed by atoms with Crippen molar-refractivity contribution >= 4 is 27.6 Å². The van der Waals surface area contributed by atoms with Crippen molar-refractivity contribution in [3.8, 4) is 0 Å². The molecule has 0 unspecified atom stereocenters. The van der Waals surface area contributed by atoms with Gasteiger partial charge in [-0.15, -0.1) is 0 Å². The van der Waals surface area contributed by atoms with E-state index in [1.54, 1.807) is 7.05 Å². The summed E-state index contributed by atoms with van der Waals surface area (Å²) in [5.74, 6) is -0.558. The predicted molar refractivity (Wildman–Crippen MR) is 83.6 cm³/mol. The Kier molecular flexibility index (Phi) is 5.44. The lowest BCUT2D eigenvalue weighted by molar-refractivity contribution is 0.0600. The smallest absolute Gasteiger partial charge is 0.337 e. The molecule has 6 nitrogen and oxygen atoms in total. The number of nitrogens with one attached hydrogen (secondary N) is 1. The molecule has 0 saturated carbocycles. The molecule has 1 aromatic carbocycles. The molecule has 0 spiro atoms. The Morgan fingerprint density at radius 1 is 1.36 bits per heavy atom. The van der Waals surface area contributed by atoms with Crippen molar-refractivity contribution in [3.05, 3.63) is 28.8 Å². The molecule has 0 radical (unpaired) electrons. The minimum atomic E-state index is -3.70. The van der Waals surface area contributed by atoms with Crippen LogP contribution in [0.25, 0.3) is 0 Å². The SMILES string of the molecule is COC(=O)c1ccc(S(=O)(=O)N(C)C2CCNCC2)c(Cl)c1. The fourth-order valence-corrected chi connectivity index (χ4v) is 4.41. The number of benzene rings is 1. The molecule has 1 aliphatic rings. The first kappa shape index (κ1) is 17.2. The number of halogens is 1. The average molecular weight is 347 g/mol. The average Bonchev–Trinajstić information content (AvgIpc) is 2.53. The third-order valence-corrected chi connectivity index (χ3v) is 6.23. The van der Waals surface area contributed by atoms with Crippen LogP contribution in [0.1, 0.15) is 23.2 Å². The summed E-state index contributed by atoms with van der Waals surface area (Å²) >= 11 is 6.07. The highest BCUT2D eigenvalue weighted by atomic mass is 35.5. The molecule has 0 bridgehead atoms. The van der Waals surface area contributed by atoms with Crippen LogP contribution in [0.5, 0.6) is 0 Å². The highest BCUT2D eigenvalue weighted by Crippen LogP contribution is 2.28. The summed E-state index contributed by atoms with van der Waals surface area (Å²) in [6.45, 7) is 1.58. The van der Waals surface area contributed by atoms with Gasteiger partial charge < -0.3 is 10.1 Å². The van der Waals surface area contributed by atoms with Crippen LogP contribution in [0.3, 0.4) is 0 Å². The Labute approximate surface area is 135 Å². The van der Waals surface area contributed by atoms with Crippen LogP contribution in [0.4, 0.5) is 0 Å². The molecule has 122 valence electrons. The van der Waals surface area contributed by atoms with E-state index in [0.29, 0.717) is 0 Å². The Morgan fingerprint density at radius 3 is 2.55 bits per heavy atom. The summed E-state index contributed by atoms with van der Waals surface area (Å²) in [5, 5.41) is 3.22. The summed E-state index contributed by atoms with van der Waals surface area (Å²) in [6.07, 6.45) is 1.52. The van der Waals surface area contributed by atoms with E-state index in [4.69, 9.17) is 11.6 Å². The van der Waals surface area contributed by atoms with Gasteiger partial charge in [0, 0.05) is 13.1 Å². The second kappa shape index (κ2) is 6.95. The van der Waals surface area contributed by atoms with Crippen molar-refractivity contribution < 1.29 is 17.9 Å². The van der Waals surface area contributed by atoms with E-state index < -0.39 is 16.0 Å². The third kappa shape index (κ3) is 3.43. The molecule has 0 atom stereocenters. The van der Waals surface area contributed by atoms with E-state index in [0.717, 1.165) is 25.9 Å². The monoisotopic (exact) mass is 346 g/mol. The Bertz CT molecular complexity index is 657. The number of rotatable bonds is 4. The van der Waals surface area contributed by atoms with Crippen LogP contribution in [0, 0.1) is 0 Å². The van der Waals surface area contributed by atoms with Gasteiger partial charge >= 0.3 is 5.97 Å². The molecular weight excluding hydrogens is 328 g/mol. The maximum absolute atomic E-state index is 12.7. The number of nitrogens with zero attached hydrogens (tertiary/aromatic N) is 1. The van der Waals surface area contributed by atoms with Crippen LogP contribution in [-0.4, -0.2) is 52.0 Å². The van der Waals surface area contributed by atoms with Crippen LogP contribution in [-0.2, 0) is 14.8 Å². The second-order valence-corrected chi connectivity index (χ2v) is 7.51.